The van der Waals surface area contributed by atoms with Gasteiger partial charge in [-0.05, 0) is 25.8 Å². The van der Waals surface area contributed by atoms with Gasteiger partial charge < -0.3 is 4.90 Å². The van der Waals surface area contributed by atoms with Crippen LogP contribution in [0.15, 0.2) is 12.4 Å². The molecule has 0 aliphatic heterocycles. The summed E-state index contributed by atoms with van der Waals surface area (Å²) in [5, 5.41) is 0.457. The maximum Gasteiger partial charge on any atom is 0.147 e. The lowest BCUT2D eigenvalue weighted by atomic mass is 10.3. The molecule has 0 amide bonds. The van der Waals surface area contributed by atoms with E-state index in [-0.39, 0.29) is 0 Å². The molecule has 0 N–H and O–H groups in total. The van der Waals surface area contributed by atoms with Gasteiger partial charge in [0.1, 0.15) is 5.15 Å². The third-order valence-corrected chi connectivity index (χ3v) is 2.57. The predicted octanol–water partition coefficient (Wildman–Crippen LogP) is 1.97. The van der Waals surface area contributed by atoms with E-state index in [0.29, 0.717) is 5.15 Å². The van der Waals surface area contributed by atoms with Gasteiger partial charge in [-0.1, -0.05) is 11.6 Å². The van der Waals surface area contributed by atoms with Gasteiger partial charge in [-0.25, -0.2) is 4.98 Å². The van der Waals surface area contributed by atoms with Crippen molar-refractivity contribution in [1.82, 2.24) is 14.9 Å². The molecule has 1 aliphatic carbocycles. The van der Waals surface area contributed by atoms with E-state index in [9.17, 15) is 0 Å². The second-order valence-corrected chi connectivity index (χ2v) is 4.36. The van der Waals surface area contributed by atoms with Crippen molar-refractivity contribution in [3.05, 3.63) is 23.2 Å². The van der Waals surface area contributed by atoms with Crippen molar-refractivity contribution < 1.29 is 0 Å². The number of aromatic nitrogens is 2. The first-order valence-electron chi connectivity index (χ1n) is 4.89. The number of hydrogen-bond acceptors (Lipinski definition) is 3. The first kappa shape index (κ1) is 9.87. The normalized spacial score (nSPS) is 16.2. The Bertz CT molecular complexity index is 295. The van der Waals surface area contributed by atoms with Gasteiger partial charge >= 0.3 is 0 Å². The van der Waals surface area contributed by atoms with Gasteiger partial charge in [-0.2, -0.15) is 0 Å². The summed E-state index contributed by atoms with van der Waals surface area (Å²) in [4.78, 5) is 10.5. The lowest BCUT2D eigenvalue weighted by Gasteiger charge is -2.14. The van der Waals surface area contributed by atoms with E-state index in [4.69, 9.17) is 11.6 Å². The molecular weight excluding hydrogens is 198 g/mol. The Hall–Kier alpha value is -0.670. The van der Waals surface area contributed by atoms with Gasteiger partial charge in [0.05, 0.1) is 18.1 Å². The molecule has 1 saturated carbocycles. The van der Waals surface area contributed by atoms with Crippen LogP contribution in [0.25, 0.3) is 0 Å². The van der Waals surface area contributed by atoms with Gasteiger partial charge in [0, 0.05) is 13.1 Å². The van der Waals surface area contributed by atoms with Crippen molar-refractivity contribution in [2.75, 3.05) is 13.6 Å². The molecule has 1 heterocycles. The summed E-state index contributed by atoms with van der Waals surface area (Å²) in [5.74, 6) is 0.917. The van der Waals surface area contributed by atoms with Crippen molar-refractivity contribution in [1.29, 1.82) is 0 Å². The molecular formula is C10H14ClN3. The molecule has 1 aromatic heterocycles. The smallest absolute Gasteiger partial charge is 0.147 e. The maximum absolute atomic E-state index is 5.66. The van der Waals surface area contributed by atoms with Crippen LogP contribution < -0.4 is 0 Å². The molecule has 2 rings (SSSR count). The minimum atomic E-state index is 0.457. The fraction of sp³-hybridized carbons (Fsp3) is 0.600. The monoisotopic (exact) mass is 211 g/mol. The van der Waals surface area contributed by atoms with Gasteiger partial charge in [-0.3, -0.25) is 4.98 Å². The Labute approximate surface area is 89.1 Å². The first-order chi connectivity index (χ1) is 6.74. The zero-order valence-corrected chi connectivity index (χ0v) is 9.04. The van der Waals surface area contributed by atoms with Crippen molar-refractivity contribution in [3.8, 4) is 0 Å². The van der Waals surface area contributed by atoms with Crippen LogP contribution in [0, 0.1) is 5.92 Å². The molecule has 3 nitrogen and oxygen atoms in total. The summed E-state index contributed by atoms with van der Waals surface area (Å²) in [6, 6.07) is 0. The summed E-state index contributed by atoms with van der Waals surface area (Å²) in [5.41, 5.74) is 0.984. The van der Waals surface area contributed by atoms with Crippen molar-refractivity contribution >= 4 is 11.6 Å². The van der Waals surface area contributed by atoms with Crippen molar-refractivity contribution in [2.45, 2.75) is 19.4 Å². The molecule has 1 aromatic rings. The lowest BCUT2D eigenvalue weighted by molar-refractivity contribution is 0.309. The summed E-state index contributed by atoms with van der Waals surface area (Å²) < 4.78 is 0. The SMILES string of the molecule is CN(Cc1cnc(Cl)cn1)CC1CC1. The Morgan fingerprint density at radius 1 is 1.43 bits per heavy atom. The van der Waals surface area contributed by atoms with E-state index in [1.807, 2.05) is 0 Å². The summed E-state index contributed by atoms with van der Waals surface area (Å²) in [7, 11) is 2.12. The van der Waals surface area contributed by atoms with Crippen LogP contribution in [0.1, 0.15) is 18.5 Å². The highest BCUT2D eigenvalue weighted by atomic mass is 35.5. The average Bonchev–Trinajstić information content (AvgIpc) is 2.93. The largest absolute Gasteiger partial charge is 0.300 e. The van der Waals surface area contributed by atoms with E-state index < -0.39 is 0 Å². The third kappa shape index (κ3) is 2.93. The molecule has 4 heteroatoms. The molecule has 0 unspecified atom stereocenters. The maximum atomic E-state index is 5.66. The summed E-state index contributed by atoms with van der Waals surface area (Å²) in [6.45, 7) is 2.03. The third-order valence-electron chi connectivity index (χ3n) is 2.37. The second kappa shape index (κ2) is 4.24. The van der Waals surface area contributed by atoms with Crippen LogP contribution in [-0.2, 0) is 6.54 Å². The minimum Gasteiger partial charge on any atom is -0.300 e. The number of halogens is 1. The predicted molar refractivity (Wildman–Crippen MR) is 56.1 cm³/mol. The molecule has 0 saturated heterocycles. The molecule has 1 fully saturated rings. The van der Waals surface area contributed by atoms with E-state index in [2.05, 4.69) is 21.9 Å². The van der Waals surface area contributed by atoms with Crippen LogP contribution in [0.3, 0.4) is 0 Å². The molecule has 0 atom stereocenters. The van der Waals surface area contributed by atoms with Crippen LogP contribution in [0.5, 0.6) is 0 Å². The second-order valence-electron chi connectivity index (χ2n) is 3.97. The van der Waals surface area contributed by atoms with E-state index >= 15 is 0 Å². The highest BCUT2D eigenvalue weighted by molar-refractivity contribution is 6.29. The Morgan fingerprint density at radius 3 is 2.79 bits per heavy atom. The first-order valence-corrected chi connectivity index (χ1v) is 5.27. The van der Waals surface area contributed by atoms with Gasteiger partial charge in [0.25, 0.3) is 0 Å². The standard InChI is InChI=1S/C10H14ClN3/c1-14(6-8-2-3-8)7-9-4-13-10(11)5-12-9/h4-5,8H,2-3,6-7H2,1H3. The van der Waals surface area contributed by atoms with Crippen LogP contribution in [-0.4, -0.2) is 28.5 Å². The lowest BCUT2D eigenvalue weighted by Crippen LogP contribution is -2.21. The molecule has 0 spiro atoms. The van der Waals surface area contributed by atoms with Crippen LogP contribution in [0.2, 0.25) is 5.15 Å². The summed E-state index contributed by atoms with van der Waals surface area (Å²) >= 11 is 5.66. The Kier molecular flexibility index (Phi) is 2.99. The summed E-state index contributed by atoms with van der Waals surface area (Å²) in [6.07, 6.45) is 6.11. The number of rotatable bonds is 4. The van der Waals surface area contributed by atoms with E-state index in [0.717, 1.165) is 18.2 Å². The van der Waals surface area contributed by atoms with E-state index in [1.54, 1.807) is 12.4 Å². The topological polar surface area (TPSA) is 29.0 Å². The minimum absolute atomic E-state index is 0.457. The zero-order valence-electron chi connectivity index (χ0n) is 8.28. The van der Waals surface area contributed by atoms with Gasteiger partial charge in [0.15, 0.2) is 0 Å². The number of nitrogens with zero attached hydrogens (tertiary/aromatic N) is 3. The highest BCUT2D eigenvalue weighted by Crippen LogP contribution is 2.29. The molecule has 0 radical (unpaired) electrons. The zero-order chi connectivity index (χ0) is 9.97. The molecule has 0 bridgehead atoms. The number of hydrogen-bond donors (Lipinski definition) is 0. The van der Waals surface area contributed by atoms with E-state index in [1.165, 1.54) is 19.4 Å². The Morgan fingerprint density at radius 2 is 2.21 bits per heavy atom. The fourth-order valence-electron chi connectivity index (χ4n) is 1.50. The van der Waals surface area contributed by atoms with Crippen molar-refractivity contribution in [2.24, 2.45) is 5.92 Å². The molecule has 14 heavy (non-hydrogen) atoms. The van der Waals surface area contributed by atoms with Gasteiger partial charge in [0.2, 0.25) is 0 Å². The highest BCUT2D eigenvalue weighted by Gasteiger charge is 2.22. The Balaban J connectivity index is 1.85. The van der Waals surface area contributed by atoms with Gasteiger partial charge in [-0.15, -0.1) is 0 Å². The average molecular weight is 212 g/mol. The van der Waals surface area contributed by atoms with Crippen LogP contribution in [0.4, 0.5) is 0 Å². The van der Waals surface area contributed by atoms with Crippen molar-refractivity contribution in [3.63, 3.8) is 0 Å². The molecule has 0 aromatic carbocycles. The van der Waals surface area contributed by atoms with Crippen LogP contribution >= 0.6 is 11.6 Å². The molecule has 1 aliphatic rings. The quantitative estimate of drug-likeness (QED) is 0.763. The molecule has 76 valence electrons. The fourth-order valence-corrected chi connectivity index (χ4v) is 1.60.